The third kappa shape index (κ3) is 1.41. The summed E-state index contributed by atoms with van der Waals surface area (Å²) in [6.07, 6.45) is 0.797. The molecule has 2 aliphatic heterocycles. The molecule has 1 N–H and O–H groups in total. The van der Waals surface area contributed by atoms with Crippen LogP contribution in [0.25, 0.3) is 0 Å². The Kier molecular flexibility index (Phi) is 2.87. The van der Waals surface area contributed by atoms with Gasteiger partial charge in [0.1, 0.15) is 17.8 Å². The molecule has 4 fully saturated rings. The van der Waals surface area contributed by atoms with Gasteiger partial charge in [0.05, 0.1) is 11.0 Å². The normalized spacial score (nSPS) is 67.4. The third-order valence-corrected chi connectivity index (χ3v) is 10.6. The van der Waals surface area contributed by atoms with Gasteiger partial charge in [0.25, 0.3) is 0 Å². The van der Waals surface area contributed by atoms with Crippen LogP contribution in [0.1, 0.15) is 40.5 Å². The second-order valence-corrected chi connectivity index (χ2v) is 11.2. The Labute approximate surface area is 147 Å². The molecule has 0 aromatic heterocycles. The van der Waals surface area contributed by atoms with E-state index in [-0.39, 0.29) is 38.3 Å². The molecule has 2 saturated heterocycles. The minimum Gasteiger partial charge on any atom is -0.386 e. The molecule has 3 nitrogen and oxygen atoms in total. The van der Waals surface area contributed by atoms with Crippen molar-refractivity contribution in [1.29, 1.82) is 0 Å². The quantitative estimate of drug-likeness (QED) is 0.459. The molecule has 8 atom stereocenters. The predicted molar refractivity (Wildman–Crippen MR) is 88.2 cm³/mol. The van der Waals surface area contributed by atoms with Gasteiger partial charge in [-0.25, -0.2) is 0 Å². The second kappa shape index (κ2) is 3.85. The zero-order valence-electron chi connectivity index (χ0n) is 12.6. The van der Waals surface area contributed by atoms with Gasteiger partial charge in [0.2, 0.25) is 0 Å². The monoisotopic (exact) mass is 442 g/mol. The molecule has 4 aliphatic rings. The SMILES string of the molecule is CC1(Cl)CC2O[C@@]3(Br)[C@H](O)[C@H]4O[C@@]4(C)[C@]2(C[C@@H]1Br)C3(C)C. The van der Waals surface area contributed by atoms with Crippen LogP contribution in [0.4, 0.5) is 0 Å². The average Bonchev–Trinajstić information content (AvgIpc) is 3.00. The lowest BCUT2D eigenvalue weighted by molar-refractivity contribution is -0.0937. The van der Waals surface area contributed by atoms with Gasteiger partial charge >= 0.3 is 0 Å². The van der Waals surface area contributed by atoms with E-state index in [4.69, 9.17) is 21.1 Å². The lowest BCUT2D eigenvalue weighted by atomic mass is 9.47. The summed E-state index contributed by atoms with van der Waals surface area (Å²) in [5.41, 5.74) is -0.755. The summed E-state index contributed by atoms with van der Waals surface area (Å²) in [6, 6.07) is 0. The van der Waals surface area contributed by atoms with Crippen LogP contribution < -0.4 is 0 Å². The third-order valence-electron chi connectivity index (χ3n) is 6.98. The molecule has 2 aliphatic carbocycles. The van der Waals surface area contributed by atoms with Gasteiger partial charge in [0, 0.05) is 15.7 Å². The Morgan fingerprint density at radius 3 is 2.38 bits per heavy atom. The van der Waals surface area contributed by atoms with Crippen molar-refractivity contribution in [3.8, 4) is 0 Å². The molecular weight excluding hydrogens is 423 g/mol. The Balaban J connectivity index is 1.92. The molecule has 120 valence electrons. The van der Waals surface area contributed by atoms with Crippen molar-refractivity contribution in [1.82, 2.24) is 0 Å². The summed E-state index contributed by atoms with van der Waals surface area (Å²) >= 11 is 14.3. The van der Waals surface area contributed by atoms with Crippen molar-refractivity contribution in [2.75, 3.05) is 0 Å². The highest BCUT2D eigenvalue weighted by Crippen LogP contribution is 2.80. The molecule has 6 heteroatoms. The molecule has 2 unspecified atom stereocenters. The first-order valence-corrected chi connectivity index (χ1v) is 9.58. The Morgan fingerprint density at radius 2 is 1.76 bits per heavy atom. The van der Waals surface area contributed by atoms with Gasteiger partial charge < -0.3 is 14.6 Å². The highest BCUT2D eigenvalue weighted by Gasteiger charge is 2.89. The van der Waals surface area contributed by atoms with Crippen LogP contribution >= 0.6 is 43.5 Å². The first-order valence-electron chi connectivity index (χ1n) is 7.50. The average molecular weight is 445 g/mol. The van der Waals surface area contributed by atoms with E-state index in [0.29, 0.717) is 0 Å². The number of fused-ring (bicyclic) bond motifs is 2. The van der Waals surface area contributed by atoms with Gasteiger partial charge in [-0.3, -0.25) is 0 Å². The molecule has 2 saturated carbocycles. The van der Waals surface area contributed by atoms with Crippen molar-refractivity contribution < 1.29 is 14.6 Å². The molecule has 0 amide bonds. The summed E-state index contributed by atoms with van der Waals surface area (Å²) in [6.45, 7) is 8.56. The Bertz CT molecular complexity index is 527. The molecule has 2 bridgehead atoms. The van der Waals surface area contributed by atoms with Crippen molar-refractivity contribution in [2.24, 2.45) is 10.8 Å². The fraction of sp³-hybridized carbons (Fsp3) is 1.00. The van der Waals surface area contributed by atoms with E-state index >= 15 is 0 Å². The van der Waals surface area contributed by atoms with Crippen LogP contribution in [0, 0.1) is 10.8 Å². The number of halogens is 3. The van der Waals surface area contributed by atoms with Gasteiger partial charge in [-0.15, -0.1) is 11.6 Å². The minimum atomic E-state index is -0.768. The summed E-state index contributed by atoms with van der Waals surface area (Å²) in [5.74, 6) is 0. The Hall–Kier alpha value is 1.13. The lowest BCUT2D eigenvalue weighted by Gasteiger charge is -2.57. The molecule has 21 heavy (non-hydrogen) atoms. The summed E-state index contributed by atoms with van der Waals surface area (Å²) in [5, 5.41) is 10.8. The first kappa shape index (κ1) is 15.6. The van der Waals surface area contributed by atoms with E-state index in [9.17, 15) is 5.11 Å². The molecule has 4 rings (SSSR count). The number of hydrogen-bond acceptors (Lipinski definition) is 3. The van der Waals surface area contributed by atoms with E-state index in [2.05, 4.69) is 59.6 Å². The van der Waals surface area contributed by atoms with Crippen LogP contribution in [-0.4, -0.2) is 43.2 Å². The maximum absolute atomic E-state index is 10.8. The number of ether oxygens (including phenoxy) is 2. The van der Waals surface area contributed by atoms with E-state index < -0.39 is 10.6 Å². The molecule has 0 aromatic carbocycles. The highest BCUT2D eigenvalue weighted by molar-refractivity contribution is 9.10. The molecular formula is C15H21Br2ClO3. The maximum atomic E-state index is 10.8. The molecule has 0 aromatic rings. The van der Waals surface area contributed by atoms with Crippen molar-refractivity contribution in [2.45, 2.75) is 78.7 Å². The maximum Gasteiger partial charge on any atom is 0.157 e. The number of aliphatic hydroxyl groups is 1. The van der Waals surface area contributed by atoms with Crippen LogP contribution in [0.15, 0.2) is 0 Å². The zero-order chi connectivity index (χ0) is 15.6. The number of hydrogen-bond donors (Lipinski definition) is 1. The van der Waals surface area contributed by atoms with Gasteiger partial charge in [-0.2, -0.15) is 0 Å². The summed E-state index contributed by atoms with van der Waals surface area (Å²) in [4.78, 5) is -0.156. The zero-order valence-corrected chi connectivity index (χ0v) is 16.5. The van der Waals surface area contributed by atoms with Crippen molar-refractivity contribution in [3.05, 3.63) is 0 Å². The Morgan fingerprint density at radius 1 is 1.14 bits per heavy atom. The van der Waals surface area contributed by atoms with E-state index in [0.717, 1.165) is 12.8 Å². The largest absolute Gasteiger partial charge is 0.386 e. The lowest BCUT2D eigenvalue weighted by Crippen LogP contribution is -2.66. The van der Waals surface area contributed by atoms with Crippen LogP contribution in [0.5, 0.6) is 0 Å². The van der Waals surface area contributed by atoms with Gasteiger partial charge in [0.15, 0.2) is 4.51 Å². The van der Waals surface area contributed by atoms with Gasteiger partial charge in [-0.1, -0.05) is 45.7 Å². The first-order chi connectivity index (χ1) is 9.44. The topological polar surface area (TPSA) is 42.0 Å². The van der Waals surface area contributed by atoms with Crippen LogP contribution in [0.3, 0.4) is 0 Å². The smallest absolute Gasteiger partial charge is 0.157 e. The number of alkyl halides is 3. The summed E-state index contributed by atoms with van der Waals surface area (Å²) in [7, 11) is 0. The van der Waals surface area contributed by atoms with E-state index in [1.165, 1.54) is 0 Å². The van der Waals surface area contributed by atoms with Crippen molar-refractivity contribution >= 4 is 43.5 Å². The fourth-order valence-corrected chi connectivity index (χ4v) is 7.22. The molecule has 1 spiro atoms. The fourth-order valence-electron chi connectivity index (χ4n) is 5.48. The van der Waals surface area contributed by atoms with Gasteiger partial charge in [-0.05, 0) is 26.7 Å². The number of rotatable bonds is 0. The second-order valence-electron chi connectivity index (χ2n) is 8.09. The number of aliphatic hydroxyl groups excluding tert-OH is 1. The molecule has 2 heterocycles. The van der Waals surface area contributed by atoms with Crippen LogP contribution in [-0.2, 0) is 9.47 Å². The number of epoxide rings is 1. The van der Waals surface area contributed by atoms with E-state index in [1.54, 1.807) is 0 Å². The standard InChI is InChI=1S/C15H21Br2ClO3/c1-11(2)14-5-7(16)12(3,18)6-8(14)20-15(11,17)9(19)10-13(14,4)21-10/h7-10,19H,5-6H2,1-4H3/t7-,8?,9+,10+,12?,13+,14-,15-/m0/s1. The summed E-state index contributed by atoms with van der Waals surface area (Å²) < 4.78 is 11.7. The minimum absolute atomic E-state index is 0.0182. The van der Waals surface area contributed by atoms with Crippen molar-refractivity contribution in [3.63, 3.8) is 0 Å². The molecule has 0 radical (unpaired) electrons. The van der Waals surface area contributed by atoms with Crippen LogP contribution in [0.2, 0.25) is 0 Å². The highest BCUT2D eigenvalue weighted by atomic mass is 79.9. The predicted octanol–water partition coefficient (Wildman–Crippen LogP) is 3.58. The van der Waals surface area contributed by atoms with E-state index in [1.807, 2.05) is 0 Å².